The molecule has 4 nitrogen and oxygen atoms in total. The molecule has 0 unspecified atom stereocenters. The van der Waals surface area contributed by atoms with Crippen LogP contribution in [0.25, 0.3) is 0 Å². The summed E-state index contributed by atoms with van der Waals surface area (Å²) in [6, 6.07) is 6.95. The fourth-order valence-corrected chi connectivity index (χ4v) is 2.63. The molecule has 1 aromatic rings. The van der Waals surface area contributed by atoms with E-state index in [4.69, 9.17) is 0 Å². The zero-order valence-electron chi connectivity index (χ0n) is 15.1. The van der Waals surface area contributed by atoms with Crippen molar-refractivity contribution in [3.63, 3.8) is 0 Å². The van der Waals surface area contributed by atoms with Gasteiger partial charge in [0, 0.05) is 37.6 Å². The Kier molecular flexibility index (Phi) is 7.92. The smallest absolute Gasteiger partial charge is 0.191 e. The second-order valence-electron chi connectivity index (χ2n) is 7.32. The first kappa shape index (κ1) is 21.2. The molecule has 0 amide bonds. The van der Waals surface area contributed by atoms with Crippen LogP contribution in [-0.2, 0) is 5.41 Å². The predicted octanol–water partition coefficient (Wildman–Crippen LogP) is 3.03. The normalized spacial score (nSPS) is 16.3. The lowest BCUT2D eigenvalue weighted by Crippen LogP contribution is -2.46. The zero-order valence-corrected chi connectivity index (χ0v) is 17.4. The molecule has 0 spiro atoms. The van der Waals surface area contributed by atoms with Gasteiger partial charge in [-0.2, -0.15) is 0 Å². The summed E-state index contributed by atoms with van der Waals surface area (Å²) in [7, 11) is 1.77. The quantitative estimate of drug-likeness (QED) is 0.272. The SMILES string of the molecule is CN=C(NCCNC(C)(C)C)NCC1(c2cccc(F)c2)CC1.I. The lowest BCUT2D eigenvalue weighted by atomic mass is 9.96. The Morgan fingerprint density at radius 1 is 1.21 bits per heavy atom. The highest BCUT2D eigenvalue weighted by atomic mass is 127. The van der Waals surface area contributed by atoms with Gasteiger partial charge in [-0.3, -0.25) is 4.99 Å². The fraction of sp³-hybridized carbons (Fsp3) is 0.611. The maximum atomic E-state index is 13.4. The molecule has 0 radical (unpaired) electrons. The van der Waals surface area contributed by atoms with Crippen molar-refractivity contribution < 1.29 is 4.39 Å². The number of benzene rings is 1. The molecule has 0 bridgehead atoms. The third kappa shape index (κ3) is 6.55. The molecule has 0 atom stereocenters. The van der Waals surface area contributed by atoms with Gasteiger partial charge in [0.1, 0.15) is 5.82 Å². The third-order valence-electron chi connectivity index (χ3n) is 4.18. The lowest BCUT2D eigenvalue weighted by Gasteiger charge is -2.22. The van der Waals surface area contributed by atoms with Crippen LogP contribution in [0.2, 0.25) is 0 Å². The molecule has 136 valence electrons. The number of nitrogens with zero attached hydrogens (tertiary/aromatic N) is 1. The first-order valence-electron chi connectivity index (χ1n) is 8.30. The Bertz CT molecular complexity index is 550. The van der Waals surface area contributed by atoms with Crippen molar-refractivity contribution in [1.29, 1.82) is 0 Å². The summed E-state index contributed by atoms with van der Waals surface area (Å²) in [4.78, 5) is 4.26. The lowest BCUT2D eigenvalue weighted by molar-refractivity contribution is 0.428. The van der Waals surface area contributed by atoms with Crippen LogP contribution in [0.15, 0.2) is 29.3 Å². The topological polar surface area (TPSA) is 48.5 Å². The average Bonchev–Trinajstić information content (AvgIpc) is 3.27. The largest absolute Gasteiger partial charge is 0.356 e. The van der Waals surface area contributed by atoms with E-state index in [0.29, 0.717) is 0 Å². The molecular weight excluding hydrogens is 418 g/mol. The van der Waals surface area contributed by atoms with Gasteiger partial charge in [-0.25, -0.2) is 4.39 Å². The molecule has 1 saturated carbocycles. The van der Waals surface area contributed by atoms with Crippen LogP contribution in [0.4, 0.5) is 4.39 Å². The number of aliphatic imine (C=N–C) groups is 1. The summed E-state index contributed by atoms with van der Waals surface area (Å²) in [5.74, 6) is 0.632. The van der Waals surface area contributed by atoms with Crippen molar-refractivity contribution in [3.05, 3.63) is 35.6 Å². The van der Waals surface area contributed by atoms with Crippen LogP contribution < -0.4 is 16.0 Å². The van der Waals surface area contributed by atoms with E-state index in [1.165, 1.54) is 6.07 Å². The molecule has 1 aliphatic rings. The molecule has 1 fully saturated rings. The number of nitrogens with one attached hydrogen (secondary N) is 3. The molecule has 24 heavy (non-hydrogen) atoms. The summed E-state index contributed by atoms with van der Waals surface area (Å²) in [5, 5.41) is 10.1. The van der Waals surface area contributed by atoms with Crippen molar-refractivity contribution in [2.24, 2.45) is 4.99 Å². The van der Waals surface area contributed by atoms with Gasteiger partial charge in [0.25, 0.3) is 0 Å². The maximum absolute atomic E-state index is 13.4. The van der Waals surface area contributed by atoms with Crippen LogP contribution in [-0.4, -0.2) is 38.2 Å². The highest BCUT2D eigenvalue weighted by molar-refractivity contribution is 14.0. The van der Waals surface area contributed by atoms with Crippen molar-refractivity contribution in [1.82, 2.24) is 16.0 Å². The highest BCUT2D eigenvalue weighted by Crippen LogP contribution is 2.47. The summed E-state index contributed by atoms with van der Waals surface area (Å²) >= 11 is 0. The first-order valence-corrected chi connectivity index (χ1v) is 8.30. The van der Waals surface area contributed by atoms with Gasteiger partial charge in [0.15, 0.2) is 5.96 Å². The van der Waals surface area contributed by atoms with E-state index in [0.717, 1.165) is 44.0 Å². The third-order valence-corrected chi connectivity index (χ3v) is 4.18. The minimum Gasteiger partial charge on any atom is -0.356 e. The van der Waals surface area contributed by atoms with Gasteiger partial charge < -0.3 is 16.0 Å². The Morgan fingerprint density at radius 3 is 2.46 bits per heavy atom. The molecule has 0 saturated heterocycles. The summed E-state index contributed by atoms with van der Waals surface area (Å²) in [6.45, 7) is 8.91. The van der Waals surface area contributed by atoms with Crippen molar-refractivity contribution in [3.8, 4) is 0 Å². The van der Waals surface area contributed by atoms with E-state index in [1.807, 2.05) is 6.07 Å². The summed E-state index contributed by atoms with van der Waals surface area (Å²) in [6.07, 6.45) is 2.18. The first-order chi connectivity index (χ1) is 10.8. The van der Waals surface area contributed by atoms with Gasteiger partial charge in [-0.05, 0) is 51.3 Å². The van der Waals surface area contributed by atoms with Crippen LogP contribution in [0.1, 0.15) is 39.2 Å². The van der Waals surface area contributed by atoms with Crippen molar-refractivity contribution in [2.75, 3.05) is 26.7 Å². The zero-order chi connectivity index (χ0) is 16.9. The fourth-order valence-electron chi connectivity index (χ4n) is 2.63. The van der Waals surface area contributed by atoms with Gasteiger partial charge in [-0.15, -0.1) is 24.0 Å². The number of rotatable bonds is 6. The minimum atomic E-state index is -0.162. The Balaban J connectivity index is 0.00000288. The molecule has 0 heterocycles. The van der Waals surface area contributed by atoms with E-state index in [2.05, 4.69) is 41.7 Å². The van der Waals surface area contributed by atoms with Crippen LogP contribution >= 0.6 is 24.0 Å². The molecule has 3 N–H and O–H groups in total. The van der Waals surface area contributed by atoms with Gasteiger partial charge in [0.2, 0.25) is 0 Å². The Hall–Kier alpha value is -0.890. The van der Waals surface area contributed by atoms with Gasteiger partial charge in [0.05, 0.1) is 0 Å². The molecule has 1 aliphatic carbocycles. The molecule has 6 heteroatoms. The Morgan fingerprint density at radius 2 is 1.92 bits per heavy atom. The standard InChI is InChI=1S/C18H29FN4.HI/c1-17(2,3)23-11-10-21-16(20-4)22-13-18(8-9-18)14-6-5-7-15(19)12-14;/h5-7,12,23H,8-11,13H2,1-4H3,(H2,20,21,22);1H. The van der Waals surface area contributed by atoms with E-state index in [-0.39, 0.29) is 40.7 Å². The number of hydrogen-bond donors (Lipinski definition) is 3. The monoisotopic (exact) mass is 448 g/mol. The van der Waals surface area contributed by atoms with Gasteiger partial charge in [-0.1, -0.05) is 12.1 Å². The Labute approximate surface area is 162 Å². The molecule has 2 rings (SSSR count). The van der Waals surface area contributed by atoms with E-state index >= 15 is 0 Å². The van der Waals surface area contributed by atoms with Crippen molar-refractivity contribution in [2.45, 2.75) is 44.6 Å². The van der Waals surface area contributed by atoms with Crippen LogP contribution in [0.3, 0.4) is 0 Å². The summed E-state index contributed by atoms with van der Waals surface area (Å²) < 4.78 is 13.4. The molecule has 0 aliphatic heterocycles. The molecular formula is C18H30FIN4. The molecule has 0 aromatic heterocycles. The molecule has 1 aromatic carbocycles. The van der Waals surface area contributed by atoms with Crippen LogP contribution in [0.5, 0.6) is 0 Å². The second-order valence-corrected chi connectivity index (χ2v) is 7.32. The highest BCUT2D eigenvalue weighted by Gasteiger charge is 2.44. The number of halogens is 2. The van der Waals surface area contributed by atoms with E-state index in [1.54, 1.807) is 19.2 Å². The maximum Gasteiger partial charge on any atom is 0.191 e. The van der Waals surface area contributed by atoms with E-state index < -0.39 is 0 Å². The minimum absolute atomic E-state index is 0. The van der Waals surface area contributed by atoms with Crippen LogP contribution in [0, 0.1) is 5.82 Å². The second kappa shape index (κ2) is 8.99. The van der Waals surface area contributed by atoms with E-state index in [9.17, 15) is 4.39 Å². The predicted molar refractivity (Wildman–Crippen MR) is 110 cm³/mol. The average molecular weight is 448 g/mol. The number of hydrogen-bond acceptors (Lipinski definition) is 2. The van der Waals surface area contributed by atoms with Crippen molar-refractivity contribution >= 4 is 29.9 Å². The number of guanidine groups is 1. The van der Waals surface area contributed by atoms with Gasteiger partial charge >= 0.3 is 0 Å². The summed E-state index contributed by atoms with van der Waals surface area (Å²) in [5.41, 5.74) is 1.26.